The third kappa shape index (κ3) is 3.52. The molecule has 0 saturated heterocycles. The van der Waals surface area contributed by atoms with Gasteiger partial charge in [0.2, 0.25) is 5.88 Å². The number of allylic oxidation sites excluding steroid dienone is 1. The highest BCUT2D eigenvalue weighted by atomic mass is 16.5. The van der Waals surface area contributed by atoms with Gasteiger partial charge in [-0.25, -0.2) is 4.98 Å². The Kier molecular flexibility index (Phi) is 5.17. The highest BCUT2D eigenvalue weighted by Gasteiger charge is 2.10. The maximum absolute atomic E-state index is 12.5. The molecule has 0 atom stereocenters. The Balaban J connectivity index is 1.92. The van der Waals surface area contributed by atoms with Gasteiger partial charge in [-0.05, 0) is 42.5 Å². The second kappa shape index (κ2) is 7.70. The van der Waals surface area contributed by atoms with E-state index in [2.05, 4.69) is 4.98 Å². The topological polar surface area (TPSA) is 57.7 Å². The van der Waals surface area contributed by atoms with Gasteiger partial charge in [-0.2, -0.15) is 0 Å². The van der Waals surface area contributed by atoms with E-state index >= 15 is 0 Å². The number of ketones is 1. The average Bonchev–Trinajstić information content (AvgIpc) is 2.70. The van der Waals surface area contributed by atoms with Crippen molar-refractivity contribution in [2.24, 2.45) is 0 Å². The van der Waals surface area contributed by atoms with E-state index in [1.165, 1.54) is 13.2 Å². The number of pyridine rings is 1. The van der Waals surface area contributed by atoms with Crippen LogP contribution in [-0.4, -0.2) is 32.1 Å². The fourth-order valence-corrected chi connectivity index (χ4v) is 2.65. The second-order valence-corrected chi connectivity index (χ2v) is 5.55. The van der Waals surface area contributed by atoms with E-state index in [0.717, 1.165) is 16.5 Å². The first-order chi connectivity index (χ1) is 12.7. The van der Waals surface area contributed by atoms with Crippen molar-refractivity contribution >= 4 is 22.8 Å². The summed E-state index contributed by atoms with van der Waals surface area (Å²) in [5.74, 6) is 1.41. The van der Waals surface area contributed by atoms with Gasteiger partial charge in [0.25, 0.3) is 0 Å². The number of fused-ring (bicyclic) bond motifs is 1. The molecule has 0 unspecified atom stereocenters. The number of benzene rings is 2. The minimum atomic E-state index is -0.152. The molecule has 0 radical (unpaired) electrons. The van der Waals surface area contributed by atoms with Crippen LogP contribution in [0.2, 0.25) is 0 Å². The highest BCUT2D eigenvalue weighted by molar-refractivity contribution is 6.07. The van der Waals surface area contributed by atoms with Crippen LogP contribution in [0.1, 0.15) is 15.9 Å². The van der Waals surface area contributed by atoms with E-state index in [-0.39, 0.29) is 5.78 Å². The maximum Gasteiger partial charge on any atom is 0.221 e. The lowest BCUT2D eigenvalue weighted by atomic mass is 10.1. The van der Waals surface area contributed by atoms with E-state index in [1.54, 1.807) is 38.5 Å². The molecule has 3 aromatic rings. The Morgan fingerprint density at radius 1 is 0.923 bits per heavy atom. The number of hydrogen-bond acceptors (Lipinski definition) is 5. The minimum Gasteiger partial charge on any atom is -0.493 e. The predicted octanol–water partition coefficient (Wildman–Crippen LogP) is 4.16. The molecule has 5 heteroatoms. The van der Waals surface area contributed by atoms with Crippen LogP contribution in [0.3, 0.4) is 0 Å². The quantitative estimate of drug-likeness (QED) is 0.494. The Morgan fingerprint density at radius 2 is 1.69 bits per heavy atom. The molecule has 1 heterocycles. The summed E-state index contributed by atoms with van der Waals surface area (Å²) in [6, 6.07) is 14.8. The number of hydrogen-bond donors (Lipinski definition) is 0. The average molecular weight is 349 g/mol. The summed E-state index contributed by atoms with van der Waals surface area (Å²) in [6.45, 7) is 0. The van der Waals surface area contributed by atoms with Crippen LogP contribution in [0.15, 0.2) is 54.6 Å². The van der Waals surface area contributed by atoms with Gasteiger partial charge in [0.15, 0.2) is 17.3 Å². The molecule has 0 N–H and O–H groups in total. The van der Waals surface area contributed by atoms with Crippen LogP contribution >= 0.6 is 0 Å². The Labute approximate surface area is 151 Å². The molecular formula is C21H19NO4. The van der Waals surface area contributed by atoms with E-state index in [0.29, 0.717) is 22.9 Å². The third-order valence-corrected chi connectivity index (χ3v) is 3.99. The van der Waals surface area contributed by atoms with Crippen molar-refractivity contribution in [2.45, 2.75) is 0 Å². The fraction of sp³-hybridized carbons (Fsp3) is 0.143. The molecule has 0 saturated carbocycles. The van der Waals surface area contributed by atoms with Crippen molar-refractivity contribution in [1.82, 2.24) is 4.98 Å². The van der Waals surface area contributed by atoms with Crippen LogP contribution < -0.4 is 14.2 Å². The largest absolute Gasteiger partial charge is 0.493 e. The van der Waals surface area contributed by atoms with Crippen molar-refractivity contribution in [2.75, 3.05) is 21.3 Å². The number of methoxy groups -OCH3 is 3. The highest BCUT2D eigenvalue weighted by Crippen LogP contribution is 2.28. The first-order valence-electron chi connectivity index (χ1n) is 8.04. The number of carbonyl (C=O) groups is 1. The molecular weight excluding hydrogens is 330 g/mol. The number of ether oxygens (including phenoxy) is 3. The van der Waals surface area contributed by atoms with Gasteiger partial charge >= 0.3 is 0 Å². The SMILES string of the molecule is COc1ccc(C(=O)C=Cc2cc3ccccc3nc2OC)cc1OC. The van der Waals surface area contributed by atoms with Crippen molar-refractivity contribution in [3.05, 3.63) is 65.7 Å². The Morgan fingerprint density at radius 3 is 2.42 bits per heavy atom. The van der Waals surface area contributed by atoms with E-state index in [4.69, 9.17) is 14.2 Å². The van der Waals surface area contributed by atoms with Crippen LogP contribution in [0, 0.1) is 0 Å². The lowest BCUT2D eigenvalue weighted by Crippen LogP contribution is -1.98. The van der Waals surface area contributed by atoms with Crippen molar-refractivity contribution < 1.29 is 19.0 Å². The summed E-state index contributed by atoms with van der Waals surface area (Å²) < 4.78 is 15.8. The van der Waals surface area contributed by atoms with Crippen molar-refractivity contribution in [3.63, 3.8) is 0 Å². The van der Waals surface area contributed by atoms with Gasteiger partial charge in [0, 0.05) is 16.5 Å². The molecule has 0 aliphatic carbocycles. The molecule has 132 valence electrons. The monoisotopic (exact) mass is 349 g/mol. The van der Waals surface area contributed by atoms with Gasteiger partial charge < -0.3 is 14.2 Å². The van der Waals surface area contributed by atoms with Crippen molar-refractivity contribution in [1.29, 1.82) is 0 Å². The Hall–Kier alpha value is -3.34. The molecule has 26 heavy (non-hydrogen) atoms. The summed E-state index contributed by atoms with van der Waals surface area (Å²) in [5, 5.41) is 0.978. The molecule has 0 fully saturated rings. The summed E-state index contributed by atoms with van der Waals surface area (Å²) in [7, 11) is 4.65. The zero-order chi connectivity index (χ0) is 18.5. The number of aromatic nitrogens is 1. The van der Waals surface area contributed by atoms with E-state index in [1.807, 2.05) is 30.3 Å². The molecule has 2 aromatic carbocycles. The number of rotatable bonds is 6. The summed E-state index contributed by atoms with van der Waals surface area (Å²) in [5.41, 5.74) is 2.08. The molecule has 0 bridgehead atoms. The minimum absolute atomic E-state index is 0.152. The molecule has 0 aliphatic heterocycles. The molecule has 5 nitrogen and oxygen atoms in total. The van der Waals surface area contributed by atoms with Crippen molar-refractivity contribution in [3.8, 4) is 17.4 Å². The molecule has 1 aromatic heterocycles. The smallest absolute Gasteiger partial charge is 0.221 e. The molecule has 0 aliphatic rings. The van der Waals surface area contributed by atoms with Crippen LogP contribution in [0.25, 0.3) is 17.0 Å². The third-order valence-electron chi connectivity index (χ3n) is 3.99. The van der Waals surface area contributed by atoms with Gasteiger partial charge in [0.05, 0.1) is 26.8 Å². The fourth-order valence-electron chi connectivity index (χ4n) is 2.65. The first kappa shape index (κ1) is 17.5. The summed E-state index contributed by atoms with van der Waals surface area (Å²) >= 11 is 0. The number of para-hydroxylation sites is 1. The summed E-state index contributed by atoms with van der Waals surface area (Å²) in [4.78, 5) is 17.0. The van der Waals surface area contributed by atoms with Gasteiger partial charge in [-0.3, -0.25) is 4.79 Å². The van der Waals surface area contributed by atoms with Gasteiger partial charge in [-0.15, -0.1) is 0 Å². The maximum atomic E-state index is 12.5. The number of nitrogens with zero attached hydrogens (tertiary/aromatic N) is 1. The Bertz CT molecular complexity index is 979. The standard InChI is InChI=1S/C21H19NO4/c1-24-19-11-9-15(13-20(19)25-2)18(23)10-8-16-12-14-6-4-5-7-17(14)22-21(16)26-3/h4-13H,1-3H3. The molecule has 0 spiro atoms. The predicted molar refractivity (Wildman–Crippen MR) is 101 cm³/mol. The second-order valence-electron chi connectivity index (χ2n) is 5.55. The summed E-state index contributed by atoms with van der Waals surface area (Å²) in [6.07, 6.45) is 3.20. The molecule has 0 amide bonds. The van der Waals surface area contributed by atoms with E-state index < -0.39 is 0 Å². The normalized spacial score (nSPS) is 10.9. The van der Waals surface area contributed by atoms with Crippen LogP contribution in [0.5, 0.6) is 17.4 Å². The zero-order valence-corrected chi connectivity index (χ0v) is 14.9. The van der Waals surface area contributed by atoms with E-state index in [9.17, 15) is 4.79 Å². The zero-order valence-electron chi connectivity index (χ0n) is 14.9. The first-order valence-corrected chi connectivity index (χ1v) is 8.04. The van der Waals surface area contributed by atoms with Gasteiger partial charge in [-0.1, -0.05) is 18.2 Å². The van der Waals surface area contributed by atoms with Crippen LogP contribution in [-0.2, 0) is 0 Å². The number of carbonyl (C=O) groups excluding carboxylic acids is 1. The lowest BCUT2D eigenvalue weighted by Gasteiger charge is -2.08. The van der Waals surface area contributed by atoms with Crippen LogP contribution in [0.4, 0.5) is 0 Å². The van der Waals surface area contributed by atoms with Gasteiger partial charge in [0.1, 0.15) is 0 Å². The lowest BCUT2D eigenvalue weighted by molar-refractivity contribution is 0.104. The molecule has 3 rings (SSSR count).